The quantitative estimate of drug-likeness (QED) is 0.654. The number of aliphatic hydroxyl groups excluding tert-OH is 1. The summed E-state index contributed by atoms with van der Waals surface area (Å²) in [5.41, 5.74) is 1.02. The lowest BCUT2D eigenvalue weighted by Gasteiger charge is -1.97. The lowest BCUT2D eigenvalue weighted by Crippen LogP contribution is -1.92. The number of rotatable bonds is 1. The summed E-state index contributed by atoms with van der Waals surface area (Å²) in [6, 6.07) is 3.81. The highest BCUT2D eigenvalue weighted by atomic mass is 16.3. The van der Waals surface area contributed by atoms with Crippen molar-refractivity contribution in [2.45, 2.75) is 6.73 Å². The summed E-state index contributed by atoms with van der Waals surface area (Å²) in [6.45, 7) is 0.0213. The second kappa shape index (κ2) is 2.36. The van der Waals surface area contributed by atoms with Crippen molar-refractivity contribution in [1.29, 1.82) is 0 Å². The van der Waals surface area contributed by atoms with Crippen molar-refractivity contribution in [3.63, 3.8) is 0 Å². The third kappa shape index (κ3) is 0.897. The molecule has 0 saturated heterocycles. The number of nitrogens with zero attached hydrogens (tertiary/aromatic N) is 2. The van der Waals surface area contributed by atoms with Crippen molar-refractivity contribution in [3.05, 3.63) is 30.7 Å². The van der Waals surface area contributed by atoms with E-state index < -0.39 is 0 Å². The van der Waals surface area contributed by atoms with Crippen molar-refractivity contribution in [2.75, 3.05) is 0 Å². The van der Waals surface area contributed by atoms with E-state index in [0.717, 1.165) is 10.9 Å². The number of pyridine rings is 1. The maximum Gasteiger partial charge on any atom is 0.119 e. The molecule has 3 heteroatoms. The molecule has 0 aromatic carbocycles. The molecule has 0 unspecified atom stereocenters. The molecule has 0 spiro atoms. The number of hydrogen-bond acceptors (Lipinski definition) is 2. The third-order valence-corrected chi connectivity index (χ3v) is 1.72. The second-order valence-electron chi connectivity index (χ2n) is 2.36. The number of hydrogen-bond donors (Lipinski definition) is 1. The van der Waals surface area contributed by atoms with E-state index in [4.69, 9.17) is 5.11 Å². The van der Waals surface area contributed by atoms with Crippen LogP contribution in [0.1, 0.15) is 0 Å². The molecule has 0 bridgehead atoms. The summed E-state index contributed by atoms with van der Waals surface area (Å²) in [6.07, 6.45) is 5.34. The molecule has 3 nitrogen and oxygen atoms in total. The molecular formula is C8H8N2O. The van der Waals surface area contributed by atoms with Crippen molar-refractivity contribution < 1.29 is 5.11 Å². The first-order chi connectivity index (χ1) is 5.42. The van der Waals surface area contributed by atoms with Crippen molar-refractivity contribution in [1.82, 2.24) is 9.55 Å². The minimum absolute atomic E-state index is 0.0213. The van der Waals surface area contributed by atoms with Gasteiger partial charge in [-0.15, -0.1) is 0 Å². The van der Waals surface area contributed by atoms with Gasteiger partial charge in [0.05, 0.1) is 5.52 Å². The second-order valence-corrected chi connectivity index (χ2v) is 2.36. The molecule has 0 amide bonds. The molecule has 0 aliphatic heterocycles. The lowest BCUT2D eigenvalue weighted by atomic mass is 10.3. The van der Waals surface area contributed by atoms with Crippen LogP contribution in [0.2, 0.25) is 0 Å². The van der Waals surface area contributed by atoms with Crippen LogP contribution in [-0.2, 0) is 6.73 Å². The molecule has 0 radical (unpaired) electrons. The Hall–Kier alpha value is -1.35. The van der Waals surface area contributed by atoms with Gasteiger partial charge in [-0.1, -0.05) is 0 Å². The molecule has 0 saturated carbocycles. The minimum Gasteiger partial charge on any atom is -0.376 e. The topological polar surface area (TPSA) is 38.0 Å². The van der Waals surface area contributed by atoms with Crippen LogP contribution in [-0.4, -0.2) is 14.7 Å². The van der Waals surface area contributed by atoms with Crippen molar-refractivity contribution >= 4 is 10.9 Å². The molecule has 0 aliphatic rings. The highest BCUT2D eigenvalue weighted by molar-refractivity contribution is 5.78. The van der Waals surface area contributed by atoms with Crippen molar-refractivity contribution in [2.24, 2.45) is 0 Å². The standard InChI is InChI=1S/C8H8N2O/c11-6-10-4-2-7-5-9-3-1-8(7)10/h1-5,11H,6H2. The van der Waals surface area contributed by atoms with E-state index >= 15 is 0 Å². The summed E-state index contributed by atoms with van der Waals surface area (Å²) in [5, 5.41) is 9.92. The highest BCUT2D eigenvalue weighted by Crippen LogP contribution is 2.12. The van der Waals surface area contributed by atoms with Crippen LogP contribution in [0.5, 0.6) is 0 Å². The fraction of sp³-hybridized carbons (Fsp3) is 0.125. The van der Waals surface area contributed by atoms with Crippen LogP contribution in [0.25, 0.3) is 10.9 Å². The number of fused-ring (bicyclic) bond motifs is 1. The molecule has 11 heavy (non-hydrogen) atoms. The molecule has 2 heterocycles. The molecule has 56 valence electrons. The zero-order valence-corrected chi connectivity index (χ0v) is 5.94. The first-order valence-electron chi connectivity index (χ1n) is 3.41. The van der Waals surface area contributed by atoms with Gasteiger partial charge in [0.1, 0.15) is 6.73 Å². The fourth-order valence-corrected chi connectivity index (χ4v) is 1.16. The Morgan fingerprint density at radius 2 is 2.36 bits per heavy atom. The van der Waals surface area contributed by atoms with Gasteiger partial charge < -0.3 is 9.67 Å². The maximum atomic E-state index is 8.87. The van der Waals surface area contributed by atoms with Gasteiger partial charge >= 0.3 is 0 Å². The lowest BCUT2D eigenvalue weighted by molar-refractivity contribution is 0.215. The summed E-state index contributed by atoms with van der Waals surface area (Å²) in [5.74, 6) is 0. The van der Waals surface area contributed by atoms with Gasteiger partial charge in [0.2, 0.25) is 0 Å². The average Bonchev–Trinajstić information content (AvgIpc) is 2.47. The van der Waals surface area contributed by atoms with Gasteiger partial charge in [-0.3, -0.25) is 4.98 Å². The van der Waals surface area contributed by atoms with E-state index in [2.05, 4.69) is 4.98 Å². The van der Waals surface area contributed by atoms with Crippen LogP contribution < -0.4 is 0 Å². The van der Waals surface area contributed by atoms with Gasteiger partial charge in [-0.25, -0.2) is 0 Å². The maximum absolute atomic E-state index is 8.87. The van der Waals surface area contributed by atoms with Gasteiger partial charge in [0.25, 0.3) is 0 Å². The van der Waals surface area contributed by atoms with Crippen LogP contribution in [0.15, 0.2) is 30.7 Å². The largest absolute Gasteiger partial charge is 0.376 e. The fourth-order valence-electron chi connectivity index (χ4n) is 1.16. The molecule has 1 N–H and O–H groups in total. The van der Waals surface area contributed by atoms with Crippen LogP contribution >= 0.6 is 0 Å². The molecule has 0 atom stereocenters. The summed E-state index contributed by atoms with van der Waals surface area (Å²) in [7, 11) is 0. The van der Waals surface area contributed by atoms with Gasteiger partial charge in [0.15, 0.2) is 0 Å². The Balaban J connectivity index is 2.76. The normalized spacial score (nSPS) is 10.6. The van der Waals surface area contributed by atoms with Crippen molar-refractivity contribution in [3.8, 4) is 0 Å². The molecule has 2 aromatic rings. The predicted molar refractivity (Wildman–Crippen MR) is 42.0 cm³/mol. The SMILES string of the molecule is OCn1ccc2cnccc21. The van der Waals surface area contributed by atoms with Crippen LogP contribution in [0, 0.1) is 0 Å². The van der Waals surface area contributed by atoms with E-state index in [1.54, 1.807) is 17.0 Å². The highest BCUT2D eigenvalue weighted by Gasteiger charge is 1.96. The molecule has 2 aromatic heterocycles. The van der Waals surface area contributed by atoms with E-state index in [1.807, 2.05) is 18.3 Å². The van der Waals surface area contributed by atoms with Crippen LogP contribution in [0.3, 0.4) is 0 Å². The molecule has 2 rings (SSSR count). The number of aromatic nitrogens is 2. The Kier molecular flexibility index (Phi) is 1.36. The van der Waals surface area contributed by atoms with Gasteiger partial charge in [-0.2, -0.15) is 0 Å². The van der Waals surface area contributed by atoms with E-state index in [1.165, 1.54) is 0 Å². The summed E-state index contributed by atoms with van der Waals surface area (Å²) < 4.78 is 1.76. The summed E-state index contributed by atoms with van der Waals surface area (Å²) >= 11 is 0. The Bertz CT molecular complexity index is 367. The third-order valence-electron chi connectivity index (χ3n) is 1.72. The first kappa shape index (κ1) is 6.37. The average molecular weight is 148 g/mol. The number of aliphatic hydroxyl groups is 1. The van der Waals surface area contributed by atoms with Gasteiger partial charge in [0, 0.05) is 24.0 Å². The van der Waals surface area contributed by atoms with Gasteiger partial charge in [-0.05, 0) is 12.1 Å². The van der Waals surface area contributed by atoms with E-state index in [9.17, 15) is 0 Å². The molecular weight excluding hydrogens is 140 g/mol. The zero-order valence-electron chi connectivity index (χ0n) is 5.94. The molecule has 0 fully saturated rings. The molecule has 0 aliphatic carbocycles. The zero-order chi connectivity index (χ0) is 7.68. The Morgan fingerprint density at radius 3 is 3.18 bits per heavy atom. The Labute approximate surface area is 63.9 Å². The van der Waals surface area contributed by atoms with E-state index in [0.29, 0.717) is 0 Å². The summed E-state index contributed by atoms with van der Waals surface area (Å²) in [4.78, 5) is 3.97. The first-order valence-corrected chi connectivity index (χ1v) is 3.41. The van der Waals surface area contributed by atoms with Crippen LogP contribution in [0.4, 0.5) is 0 Å². The monoisotopic (exact) mass is 148 g/mol. The Morgan fingerprint density at radius 1 is 1.45 bits per heavy atom. The predicted octanol–water partition coefficient (Wildman–Crippen LogP) is 0.986. The van der Waals surface area contributed by atoms with E-state index in [-0.39, 0.29) is 6.73 Å². The minimum atomic E-state index is 0.0213. The smallest absolute Gasteiger partial charge is 0.119 e.